The number of aromatic nitrogens is 1. The number of nitrogens with zero attached hydrogens (tertiary/aromatic N) is 2. The summed E-state index contributed by atoms with van der Waals surface area (Å²) in [5, 5.41) is 1.12. The minimum Gasteiger partial charge on any atom is -0.467 e. The standard InChI is InChI=1S/C17H18N2O2/c1-10-3-4-12-7-13-8-19(14-5-6-14)15(20)9-21-17(13)18-16(12)11(10)2/h3-4,7,14H,5-6,8-9H2,1-2H3. The lowest BCUT2D eigenvalue weighted by Crippen LogP contribution is -2.34. The van der Waals surface area contributed by atoms with Crippen molar-refractivity contribution in [1.29, 1.82) is 0 Å². The second-order valence-electron chi connectivity index (χ2n) is 6.07. The molecule has 1 aliphatic carbocycles. The van der Waals surface area contributed by atoms with Gasteiger partial charge in [0, 0.05) is 17.0 Å². The lowest BCUT2D eigenvalue weighted by molar-refractivity contribution is -0.133. The van der Waals surface area contributed by atoms with Gasteiger partial charge in [0.05, 0.1) is 12.1 Å². The smallest absolute Gasteiger partial charge is 0.261 e. The number of hydrogen-bond donors (Lipinski definition) is 0. The number of pyridine rings is 1. The number of rotatable bonds is 1. The monoisotopic (exact) mass is 282 g/mol. The molecule has 2 aliphatic rings. The molecule has 2 heterocycles. The van der Waals surface area contributed by atoms with Gasteiger partial charge < -0.3 is 9.64 Å². The van der Waals surface area contributed by atoms with Crippen LogP contribution in [0.3, 0.4) is 0 Å². The number of fused-ring (bicyclic) bond motifs is 2. The normalized spacial score (nSPS) is 18.4. The first-order valence-corrected chi connectivity index (χ1v) is 7.45. The minimum atomic E-state index is 0.0764. The first kappa shape index (κ1) is 12.6. The fourth-order valence-corrected chi connectivity index (χ4v) is 2.95. The van der Waals surface area contributed by atoms with Crippen LogP contribution in [0.15, 0.2) is 18.2 Å². The van der Waals surface area contributed by atoms with Crippen molar-refractivity contribution in [3.8, 4) is 5.88 Å². The zero-order valence-corrected chi connectivity index (χ0v) is 12.3. The quantitative estimate of drug-likeness (QED) is 0.807. The Morgan fingerprint density at radius 1 is 1.29 bits per heavy atom. The molecule has 0 N–H and O–H groups in total. The Kier molecular flexibility index (Phi) is 2.67. The van der Waals surface area contributed by atoms with Gasteiger partial charge >= 0.3 is 0 Å². The van der Waals surface area contributed by atoms with Crippen molar-refractivity contribution >= 4 is 16.8 Å². The Hall–Kier alpha value is -2.10. The van der Waals surface area contributed by atoms with E-state index in [1.807, 2.05) is 4.90 Å². The molecule has 21 heavy (non-hydrogen) atoms. The average molecular weight is 282 g/mol. The maximum Gasteiger partial charge on any atom is 0.261 e. The molecule has 108 valence electrons. The lowest BCUT2D eigenvalue weighted by atomic mass is 10.0. The molecule has 4 nitrogen and oxygen atoms in total. The summed E-state index contributed by atoms with van der Waals surface area (Å²) < 4.78 is 5.67. The van der Waals surface area contributed by atoms with Crippen LogP contribution in [0.4, 0.5) is 0 Å². The van der Waals surface area contributed by atoms with Crippen LogP contribution in [-0.2, 0) is 11.3 Å². The van der Waals surface area contributed by atoms with E-state index in [4.69, 9.17) is 4.74 Å². The van der Waals surface area contributed by atoms with E-state index in [0.29, 0.717) is 18.5 Å². The number of carbonyl (C=O) groups is 1. The molecule has 1 aromatic heterocycles. The van der Waals surface area contributed by atoms with Gasteiger partial charge in [0.2, 0.25) is 5.88 Å². The molecule has 1 aromatic carbocycles. The number of hydrogen-bond acceptors (Lipinski definition) is 3. The van der Waals surface area contributed by atoms with Gasteiger partial charge in [-0.2, -0.15) is 0 Å². The van der Waals surface area contributed by atoms with Crippen LogP contribution in [0.25, 0.3) is 10.9 Å². The van der Waals surface area contributed by atoms with Crippen molar-refractivity contribution in [2.24, 2.45) is 0 Å². The van der Waals surface area contributed by atoms with Crippen LogP contribution in [0.5, 0.6) is 5.88 Å². The number of carbonyl (C=O) groups excluding carboxylic acids is 1. The van der Waals surface area contributed by atoms with Crippen molar-refractivity contribution in [1.82, 2.24) is 9.88 Å². The Morgan fingerprint density at radius 2 is 2.10 bits per heavy atom. The summed E-state index contributed by atoms with van der Waals surface area (Å²) in [6.07, 6.45) is 2.22. The second kappa shape index (κ2) is 4.45. The maximum atomic E-state index is 12.2. The Balaban J connectivity index is 1.84. The molecule has 0 saturated heterocycles. The Labute approximate surface area is 123 Å². The van der Waals surface area contributed by atoms with Crippen LogP contribution in [-0.4, -0.2) is 28.4 Å². The first-order valence-electron chi connectivity index (χ1n) is 7.45. The van der Waals surface area contributed by atoms with Gasteiger partial charge in [-0.05, 0) is 43.9 Å². The minimum absolute atomic E-state index is 0.0764. The van der Waals surface area contributed by atoms with Gasteiger partial charge in [0.15, 0.2) is 6.61 Å². The highest BCUT2D eigenvalue weighted by Crippen LogP contribution is 2.33. The van der Waals surface area contributed by atoms with E-state index in [9.17, 15) is 4.79 Å². The van der Waals surface area contributed by atoms with Crippen LogP contribution >= 0.6 is 0 Å². The first-order chi connectivity index (χ1) is 10.1. The highest BCUT2D eigenvalue weighted by molar-refractivity contribution is 5.85. The summed E-state index contributed by atoms with van der Waals surface area (Å²) in [6, 6.07) is 6.74. The molecule has 2 aromatic rings. The van der Waals surface area contributed by atoms with Gasteiger partial charge in [-0.3, -0.25) is 4.79 Å². The van der Waals surface area contributed by atoms with E-state index in [1.54, 1.807) is 0 Å². The molecule has 0 atom stereocenters. The van der Waals surface area contributed by atoms with Crippen molar-refractivity contribution in [2.75, 3.05) is 6.61 Å². The van der Waals surface area contributed by atoms with Gasteiger partial charge in [-0.15, -0.1) is 0 Å². The number of aryl methyl sites for hydroxylation is 2. The highest BCUT2D eigenvalue weighted by Gasteiger charge is 2.35. The number of ether oxygens (including phenoxy) is 1. The Bertz CT molecular complexity index is 750. The summed E-state index contributed by atoms with van der Waals surface area (Å²) in [6.45, 7) is 4.89. The molecule has 4 heteroatoms. The molecule has 1 fully saturated rings. The zero-order valence-electron chi connectivity index (χ0n) is 12.3. The highest BCUT2D eigenvalue weighted by atomic mass is 16.5. The van der Waals surface area contributed by atoms with Crippen molar-refractivity contribution in [2.45, 2.75) is 39.3 Å². The van der Waals surface area contributed by atoms with Gasteiger partial charge in [0.1, 0.15) is 0 Å². The fraction of sp³-hybridized carbons (Fsp3) is 0.412. The summed E-state index contributed by atoms with van der Waals surface area (Å²) in [7, 11) is 0. The summed E-state index contributed by atoms with van der Waals surface area (Å²) in [5.41, 5.74) is 4.39. The predicted octanol–water partition coefficient (Wildman–Crippen LogP) is 2.74. The SMILES string of the molecule is Cc1ccc2cc3c(nc2c1C)OCC(=O)N(C1CC1)C3. The third-order valence-electron chi connectivity index (χ3n) is 4.53. The van der Waals surface area contributed by atoms with E-state index in [0.717, 1.165) is 29.3 Å². The lowest BCUT2D eigenvalue weighted by Gasteiger charge is -2.19. The molecule has 1 amide bonds. The van der Waals surface area contributed by atoms with Crippen molar-refractivity contribution in [3.05, 3.63) is 34.9 Å². The van der Waals surface area contributed by atoms with E-state index in [1.165, 1.54) is 11.1 Å². The molecular weight excluding hydrogens is 264 g/mol. The molecule has 0 unspecified atom stereocenters. The average Bonchev–Trinajstić information content (AvgIpc) is 3.30. The van der Waals surface area contributed by atoms with Crippen molar-refractivity contribution in [3.63, 3.8) is 0 Å². The van der Waals surface area contributed by atoms with E-state index >= 15 is 0 Å². The maximum absolute atomic E-state index is 12.2. The van der Waals surface area contributed by atoms with Crippen molar-refractivity contribution < 1.29 is 9.53 Å². The van der Waals surface area contributed by atoms with Crippen LogP contribution < -0.4 is 4.74 Å². The zero-order chi connectivity index (χ0) is 14.6. The number of benzene rings is 1. The second-order valence-corrected chi connectivity index (χ2v) is 6.07. The molecule has 0 spiro atoms. The van der Waals surface area contributed by atoms with E-state index in [2.05, 4.69) is 37.0 Å². The molecule has 0 radical (unpaired) electrons. The fourth-order valence-electron chi connectivity index (χ4n) is 2.95. The third kappa shape index (κ3) is 2.06. The van der Waals surface area contributed by atoms with Crippen LogP contribution in [0.2, 0.25) is 0 Å². The molecular formula is C17H18N2O2. The predicted molar refractivity (Wildman–Crippen MR) is 80.3 cm³/mol. The van der Waals surface area contributed by atoms with E-state index < -0.39 is 0 Å². The number of amides is 1. The molecule has 1 saturated carbocycles. The van der Waals surface area contributed by atoms with Crippen LogP contribution in [0.1, 0.15) is 29.5 Å². The summed E-state index contributed by atoms with van der Waals surface area (Å²) >= 11 is 0. The summed E-state index contributed by atoms with van der Waals surface area (Å²) in [4.78, 5) is 18.8. The van der Waals surface area contributed by atoms with Gasteiger partial charge in [0.25, 0.3) is 5.91 Å². The molecule has 1 aliphatic heterocycles. The van der Waals surface area contributed by atoms with Gasteiger partial charge in [-0.1, -0.05) is 12.1 Å². The molecule has 0 bridgehead atoms. The largest absolute Gasteiger partial charge is 0.467 e. The van der Waals surface area contributed by atoms with Crippen LogP contribution in [0, 0.1) is 13.8 Å². The summed E-state index contributed by atoms with van der Waals surface area (Å²) in [5.74, 6) is 0.695. The third-order valence-corrected chi connectivity index (χ3v) is 4.53. The topological polar surface area (TPSA) is 42.4 Å². The van der Waals surface area contributed by atoms with E-state index in [-0.39, 0.29) is 12.5 Å². The molecule has 4 rings (SSSR count). The van der Waals surface area contributed by atoms with Gasteiger partial charge in [-0.25, -0.2) is 4.98 Å². The Morgan fingerprint density at radius 3 is 2.86 bits per heavy atom.